The first kappa shape index (κ1) is 14.4. The van der Waals surface area contributed by atoms with Gasteiger partial charge < -0.3 is 10.6 Å². The molecule has 0 aliphatic carbocycles. The predicted molar refractivity (Wildman–Crippen MR) is 82.6 cm³/mol. The molecule has 2 N–H and O–H groups in total. The Morgan fingerprint density at radius 2 is 2.10 bits per heavy atom. The van der Waals surface area contributed by atoms with Gasteiger partial charge in [0.05, 0.1) is 12.5 Å². The van der Waals surface area contributed by atoms with E-state index < -0.39 is 6.17 Å². The maximum atomic E-state index is 13.2. The molecule has 0 radical (unpaired) electrons. The van der Waals surface area contributed by atoms with Crippen LogP contribution in [0.25, 0.3) is 0 Å². The number of alkyl halides is 1. The van der Waals surface area contributed by atoms with Gasteiger partial charge in [-0.15, -0.1) is 0 Å². The number of carbonyl (C=O) groups is 1. The van der Waals surface area contributed by atoms with Crippen LogP contribution in [0.4, 0.5) is 4.39 Å². The van der Waals surface area contributed by atoms with E-state index in [1.165, 1.54) is 0 Å². The van der Waals surface area contributed by atoms with Gasteiger partial charge in [-0.25, -0.2) is 4.39 Å². The number of hydrogen-bond donors (Lipinski definition) is 2. The molecular weight excluding hydrogens is 289 g/mol. The topological polar surface area (TPSA) is 44.4 Å². The Morgan fingerprint density at radius 1 is 1.33 bits per heavy atom. The molecule has 2 heterocycles. The van der Waals surface area contributed by atoms with Gasteiger partial charge >= 0.3 is 0 Å². The highest BCUT2D eigenvalue weighted by Crippen LogP contribution is 2.23. The molecule has 2 saturated heterocycles. The maximum Gasteiger partial charge on any atom is 0.231 e. The molecule has 0 spiro atoms. The highest BCUT2D eigenvalue weighted by molar-refractivity contribution is 7.80. The zero-order chi connectivity index (χ0) is 14.8. The van der Waals surface area contributed by atoms with Crippen LogP contribution in [0.5, 0.6) is 0 Å². The summed E-state index contributed by atoms with van der Waals surface area (Å²) < 4.78 is 13.2. The summed E-state index contributed by atoms with van der Waals surface area (Å²) in [6.45, 7) is 0.798. The van der Waals surface area contributed by atoms with Gasteiger partial charge in [-0.05, 0) is 24.2 Å². The molecule has 0 bridgehead atoms. The summed E-state index contributed by atoms with van der Waals surface area (Å²) in [7, 11) is 0. The third kappa shape index (κ3) is 3.22. The first-order chi connectivity index (χ1) is 10.1. The maximum absolute atomic E-state index is 13.2. The van der Waals surface area contributed by atoms with Crippen molar-refractivity contribution >= 4 is 23.2 Å². The van der Waals surface area contributed by atoms with E-state index in [0.717, 1.165) is 5.56 Å². The molecule has 1 aromatic carbocycles. The molecule has 1 aromatic rings. The van der Waals surface area contributed by atoms with Crippen molar-refractivity contribution in [3.63, 3.8) is 0 Å². The van der Waals surface area contributed by atoms with E-state index in [2.05, 4.69) is 10.6 Å². The summed E-state index contributed by atoms with van der Waals surface area (Å²) in [5.74, 6) is -0.00305. The van der Waals surface area contributed by atoms with Gasteiger partial charge in [-0.3, -0.25) is 9.69 Å². The number of nitrogens with one attached hydrogen (secondary N) is 2. The van der Waals surface area contributed by atoms with Crippen molar-refractivity contribution in [2.75, 3.05) is 13.1 Å². The van der Waals surface area contributed by atoms with Gasteiger partial charge in [0.15, 0.2) is 5.11 Å². The number of nitrogens with zero attached hydrogens (tertiary/aromatic N) is 1. The van der Waals surface area contributed by atoms with E-state index in [1.54, 1.807) is 4.90 Å². The van der Waals surface area contributed by atoms with Crippen LogP contribution in [0, 0.1) is 0 Å². The molecule has 2 fully saturated rings. The van der Waals surface area contributed by atoms with E-state index in [4.69, 9.17) is 12.2 Å². The molecule has 2 aliphatic rings. The number of carbonyl (C=O) groups excluding carboxylic acids is 1. The molecule has 0 unspecified atom stereocenters. The number of thiocarbonyl (C=S) groups is 1. The molecule has 3 rings (SSSR count). The lowest BCUT2D eigenvalue weighted by atomic mass is 10.0. The van der Waals surface area contributed by atoms with Crippen molar-refractivity contribution in [3.05, 3.63) is 35.9 Å². The Morgan fingerprint density at radius 3 is 2.71 bits per heavy atom. The second-order valence-electron chi connectivity index (χ2n) is 5.56. The SMILES string of the molecule is O=C1C[C@@H](c2ccccc2)NC(=S)N1C[C@@H]1C[C@@H](F)CN1. The van der Waals surface area contributed by atoms with Gasteiger partial charge in [-0.1, -0.05) is 30.3 Å². The highest BCUT2D eigenvalue weighted by Gasteiger charge is 2.33. The van der Waals surface area contributed by atoms with Crippen molar-refractivity contribution in [1.82, 2.24) is 15.5 Å². The minimum atomic E-state index is -0.825. The lowest BCUT2D eigenvalue weighted by molar-refractivity contribution is -0.129. The fraction of sp³-hybridized carbons (Fsp3) is 0.467. The largest absolute Gasteiger partial charge is 0.355 e. The van der Waals surface area contributed by atoms with Crippen LogP contribution in [0.3, 0.4) is 0 Å². The van der Waals surface area contributed by atoms with E-state index in [-0.39, 0.29) is 18.0 Å². The second kappa shape index (κ2) is 6.07. The van der Waals surface area contributed by atoms with Gasteiger partial charge in [0, 0.05) is 19.1 Å². The molecule has 112 valence electrons. The fourth-order valence-corrected chi connectivity index (χ4v) is 3.20. The van der Waals surface area contributed by atoms with Gasteiger partial charge in [0.2, 0.25) is 5.91 Å². The Balaban J connectivity index is 1.65. The first-order valence-corrected chi connectivity index (χ1v) is 7.57. The smallest absolute Gasteiger partial charge is 0.231 e. The van der Waals surface area contributed by atoms with E-state index in [1.807, 2.05) is 30.3 Å². The number of rotatable bonds is 3. The van der Waals surface area contributed by atoms with Crippen LogP contribution in [-0.4, -0.2) is 41.2 Å². The number of halogens is 1. The molecule has 1 amide bonds. The van der Waals surface area contributed by atoms with Gasteiger partial charge in [0.25, 0.3) is 0 Å². The number of benzene rings is 1. The van der Waals surface area contributed by atoms with Crippen LogP contribution < -0.4 is 10.6 Å². The van der Waals surface area contributed by atoms with Crippen LogP contribution in [0.2, 0.25) is 0 Å². The van der Waals surface area contributed by atoms with Gasteiger partial charge in [-0.2, -0.15) is 0 Å². The Hall–Kier alpha value is -1.53. The molecule has 6 heteroatoms. The zero-order valence-electron chi connectivity index (χ0n) is 11.6. The summed E-state index contributed by atoms with van der Waals surface area (Å²) in [6.07, 6.45) is -0.0155. The van der Waals surface area contributed by atoms with Crippen LogP contribution >= 0.6 is 12.2 Å². The van der Waals surface area contributed by atoms with Crippen molar-refractivity contribution in [2.45, 2.75) is 31.1 Å². The minimum Gasteiger partial charge on any atom is -0.355 e. The Bertz CT molecular complexity index is 521. The van der Waals surface area contributed by atoms with Crippen LogP contribution in [0.15, 0.2) is 30.3 Å². The fourth-order valence-electron chi connectivity index (χ4n) is 2.88. The third-order valence-electron chi connectivity index (χ3n) is 4.00. The van der Waals surface area contributed by atoms with Crippen molar-refractivity contribution < 1.29 is 9.18 Å². The van der Waals surface area contributed by atoms with Crippen LogP contribution in [-0.2, 0) is 4.79 Å². The van der Waals surface area contributed by atoms with Crippen molar-refractivity contribution in [2.24, 2.45) is 0 Å². The standard InChI is InChI=1S/C15H18FN3OS/c16-11-6-12(17-8-11)9-19-14(20)7-13(18-15(19)21)10-4-2-1-3-5-10/h1-5,11-13,17H,6-9H2,(H,18,21)/t11-,12+,13+/m1/s1. The summed E-state index contributed by atoms with van der Waals surface area (Å²) in [4.78, 5) is 13.9. The summed E-state index contributed by atoms with van der Waals surface area (Å²) in [6, 6.07) is 9.70. The number of amides is 1. The van der Waals surface area contributed by atoms with Crippen LogP contribution in [0.1, 0.15) is 24.4 Å². The lowest BCUT2D eigenvalue weighted by Gasteiger charge is -2.35. The number of hydrogen-bond acceptors (Lipinski definition) is 3. The van der Waals surface area contributed by atoms with Crippen molar-refractivity contribution in [3.8, 4) is 0 Å². The zero-order valence-corrected chi connectivity index (χ0v) is 12.4. The third-order valence-corrected chi connectivity index (χ3v) is 4.33. The monoisotopic (exact) mass is 307 g/mol. The summed E-state index contributed by atoms with van der Waals surface area (Å²) in [5.41, 5.74) is 1.05. The summed E-state index contributed by atoms with van der Waals surface area (Å²) >= 11 is 5.32. The second-order valence-corrected chi connectivity index (χ2v) is 5.95. The van der Waals surface area contributed by atoms with Gasteiger partial charge in [0.1, 0.15) is 6.17 Å². The molecule has 0 aromatic heterocycles. The highest BCUT2D eigenvalue weighted by atomic mass is 32.1. The minimum absolute atomic E-state index is 0.00305. The van der Waals surface area contributed by atoms with E-state index in [9.17, 15) is 9.18 Å². The predicted octanol–water partition coefficient (Wildman–Crippen LogP) is 1.53. The molecule has 3 atom stereocenters. The first-order valence-electron chi connectivity index (χ1n) is 7.16. The molecule has 0 saturated carbocycles. The molecule has 21 heavy (non-hydrogen) atoms. The lowest BCUT2D eigenvalue weighted by Crippen LogP contribution is -2.54. The Labute approximate surface area is 128 Å². The average Bonchev–Trinajstić information content (AvgIpc) is 2.89. The van der Waals surface area contributed by atoms with E-state index >= 15 is 0 Å². The normalized spacial score (nSPS) is 29.6. The van der Waals surface area contributed by atoms with Crippen molar-refractivity contribution in [1.29, 1.82) is 0 Å². The summed E-state index contributed by atoms with van der Waals surface area (Å²) in [5, 5.41) is 6.73. The molecule has 4 nitrogen and oxygen atoms in total. The molecule has 2 aliphatic heterocycles. The average molecular weight is 307 g/mol. The van der Waals surface area contributed by atoms with E-state index in [0.29, 0.717) is 31.0 Å². The Kier molecular flexibility index (Phi) is 4.17. The quantitative estimate of drug-likeness (QED) is 0.832. The molecular formula is C15H18FN3OS.